The quantitative estimate of drug-likeness (QED) is 0.00437. The van der Waals surface area contributed by atoms with E-state index in [2.05, 4.69) is 27.7 Å². The summed E-state index contributed by atoms with van der Waals surface area (Å²) >= 11 is 0. The summed E-state index contributed by atoms with van der Waals surface area (Å²) in [4.78, 5) is 76.2. The fourth-order valence-corrected chi connectivity index (χ4v) is 12.9. The van der Waals surface area contributed by atoms with E-state index in [1.54, 1.807) is 24.3 Å². The van der Waals surface area contributed by atoms with Crippen LogP contribution in [0.25, 0.3) is 0 Å². The molecule has 4 atom stereocenters. The van der Waals surface area contributed by atoms with Crippen LogP contribution in [-0.2, 0) is 85.6 Å². The van der Waals surface area contributed by atoms with Crippen LogP contribution >= 0.6 is 15.6 Å². The molecular weight excluding hydrogens is 1620 g/mol. The molecule has 31 nitrogen and oxygen atoms in total. The number of ether oxygens (including phenoxy) is 6. The number of rotatable bonds is 72. The Labute approximate surface area is 743 Å². The number of aliphatic hydroxyl groups is 3. The van der Waals surface area contributed by atoms with Gasteiger partial charge in [-0.3, -0.25) is 48.2 Å². The third kappa shape index (κ3) is 83.5. The van der Waals surface area contributed by atoms with Crippen molar-refractivity contribution >= 4 is 71.4 Å². The summed E-state index contributed by atoms with van der Waals surface area (Å²) in [6, 6.07) is 14.4. The number of amidine groups is 2. The van der Waals surface area contributed by atoms with Crippen LogP contribution in [0.15, 0.2) is 48.5 Å². The van der Waals surface area contributed by atoms with Crippen LogP contribution < -0.4 is 89.8 Å². The standard InChI is InChI=1S/C57H110O17P2.C19H24N4O2.2C2H6O4S.2Na/c1-5-9-13-17-21-25-29-33-37-41-54(59)67-47-52(73-56(61)43-39-35-31-27-23-19-15-11-7-3)49-71-75(63,64)69-45-51(58)46-70-76(65,66)72-50-53(74-57(62)44-40-36-32-28-24-20-16-12-8-4)48-68-55(60)42-38-34-30-26-22-18-14-10-6-2;20-18(21)14-4-8-16(9-5-14)24-12-2-1-3-13-25-17-10-6-15(7-11-17)19(22)23;2*3-1-2-7(4,5)6;;/h51-53,58H,5-50H2,1-4H3,(H,63,64)(H,65,66);4-11H,1-3,12-13H2,(H3,20,21)(H3,22,23);2*3H,1-2H2,(H,4,5,6);;/q;;;;2*+1/p-2. The van der Waals surface area contributed by atoms with Gasteiger partial charge in [0.15, 0.2) is 12.2 Å². The van der Waals surface area contributed by atoms with E-state index in [4.69, 9.17) is 88.1 Å². The van der Waals surface area contributed by atoms with Gasteiger partial charge in [0.1, 0.15) is 42.5 Å². The zero-order valence-electron chi connectivity index (χ0n) is 71.3. The smallest absolute Gasteiger partial charge is 0.756 e. The van der Waals surface area contributed by atoms with E-state index in [0.717, 1.165) is 133 Å². The molecule has 0 amide bonds. The van der Waals surface area contributed by atoms with Crippen molar-refractivity contribution in [3.05, 3.63) is 59.7 Å². The van der Waals surface area contributed by atoms with Crippen LogP contribution in [0.1, 0.15) is 315 Å². The molecule has 37 heteroatoms. The molecule has 0 spiro atoms. The Balaban J connectivity index is -0.00000125. The number of nitrogens with one attached hydrogen (secondary N) is 2. The van der Waals surface area contributed by atoms with Gasteiger partial charge >= 0.3 is 83.0 Å². The first-order valence-electron chi connectivity index (χ1n) is 41.7. The second kappa shape index (κ2) is 79.9. The van der Waals surface area contributed by atoms with Crippen molar-refractivity contribution in [3.8, 4) is 11.5 Å². The fourth-order valence-electron chi connectivity index (χ4n) is 10.8. The van der Waals surface area contributed by atoms with Crippen LogP contribution in [0.2, 0.25) is 0 Å². The van der Waals surface area contributed by atoms with Crippen LogP contribution in [0.4, 0.5) is 0 Å². The Morgan fingerprint density at radius 1 is 0.385 bits per heavy atom. The Hall–Kier alpha value is -3.22. The van der Waals surface area contributed by atoms with E-state index in [0.29, 0.717) is 50.0 Å². The molecule has 0 saturated carbocycles. The molecule has 0 aliphatic heterocycles. The van der Waals surface area contributed by atoms with Crippen LogP contribution in [-0.4, -0.2) is 173 Å². The van der Waals surface area contributed by atoms with E-state index in [-0.39, 0.29) is 96.5 Å². The zero-order valence-corrected chi connectivity index (χ0v) is 78.7. The number of hydrogen-bond acceptors (Lipinski definition) is 27. The number of phosphoric ester groups is 2. The monoisotopic (exact) mass is 1760 g/mol. The van der Waals surface area contributed by atoms with Crippen molar-refractivity contribution in [3.63, 3.8) is 0 Å². The minimum absolute atomic E-state index is 0. The van der Waals surface area contributed by atoms with Crippen molar-refractivity contribution in [2.75, 3.05) is 77.6 Å². The average Bonchev–Trinajstić information content (AvgIpc) is 0.903. The maximum absolute atomic E-state index is 12.8. The molecule has 0 aromatic heterocycles. The van der Waals surface area contributed by atoms with Gasteiger partial charge in [-0.1, -0.05) is 233 Å². The fraction of sp³-hybridized carbons (Fsp3) is 0.775. The number of nitrogens with two attached hydrogens (primary N) is 2. The molecule has 2 rings (SSSR count). The van der Waals surface area contributed by atoms with Gasteiger partial charge in [-0.25, -0.2) is 0 Å². The van der Waals surface area contributed by atoms with Gasteiger partial charge in [0.25, 0.3) is 35.9 Å². The maximum atomic E-state index is 12.8. The number of phosphoric acid groups is 2. The predicted octanol–water partition coefficient (Wildman–Crippen LogP) is 8.57. The molecule has 0 bridgehead atoms. The molecular formula is C80H144N4Na2O27P2S2. The number of aliphatic hydroxyl groups excluding tert-OH is 3. The van der Waals surface area contributed by atoms with Crippen molar-refractivity contribution in [2.24, 2.45) is 11.5 Å². The first-order chi connectivity index (χ1) is 54.8. The molecule has 0 heterocycles. The first kappa shape index (κ1) is 120. The second-order valence-corrected chi connectivity index (χ2v) is 34.3. The number of hydrogen-bond donors (Lipinski definition) is 9. The summed E-state index contributed by atoms with van der Waals surface area (Å²) in [5.74, 6) is -1.71. The molecule has 2 aromatic rings. The largest absolute Gasteiger partial charge is 1.00 e. The molecule has 2 aromatic carbocycles. The van der Waals surface area contributed by atoms with Crippen molar-refractivity contribution in [1.29, 1.82) is 10.8 Å². The van der Waals surface area contributed by atoms with E-state index < -0.39 is 142 Å². The number of carbonyl (C=O) groups excluding carboxylic acids is 4. The Bertz CT molecular complexity index is 2920. The molecule has 0 radical (unpaired) electrons. The molecule has 117 heavy (non-hydrogen) atoms. The number of esters is 4. The first-order valence-corrected chi connectivity index (χ1v) is 47.8. The third-order valence-electron chi connectivity index (χ3n) is 17.4. The van der Waals surface area contributed by atoms with Crippen LogP contribution in [0.5, 0.6) is 11.5 Å². The summed E-state index contributed by atoms with van der Waals surface area (Å²) in [7, 11) is -18.2. The summed E-state index contributed by atoms with van der Waals surface area (Å²) in [5, 5.41) is 40.8. The van der Waals surface area contributed by atoms with Gasteiger partial charge in [-0.05, 0) is 93.5 Å². The molecule has 11 N–H and O–H groups in total. The van der Waals surface area contributed by atoms with Crippen molar-refractivity contribution in [1.82, 2.24) is 0 Å². The second-order valence-electron chi connectivity index (χ2n) is 28.3. The Morgan fingerprint density at radius 2 is 0.615 bits per heavy atom. The summed E-state index contributed by atoms with van der Waals surface area (Å²) in [5.41, 5.74) is 12.2. The van der Waals surface area contributed by atoms with E-state index in [9.17, 15) is 60.0 Å². The van der Waals surface area contributed by atoms with Gasteiger partial charge in [0.05, 0.1) is 64.4 Å². The van der Waals surface area contributed by atoms with Crippen LogP contribution in [0.3, 0.4) is 0 Å². The van der Waals surface area contributed by atoms with Gasteiger partial charge in [-0.2, -0.15) is 16.8 Å². The normalized spacial score (nSPS) is 12.9. The predicted molar refractivity (Wildman–Crippen MR) is 441 cm³/mol. The molecule has 0 saturated heterocycles. The van der Waals surface area contributed by atoms with Gasteiger partial charge in [-0.15, -0.1) is 0 Å². The number of carbonyl (C=O) groups is 4. The molecule has 670 valence electrons. The topological polar surface area (TPSA) is 510 Å². The average molecular weight is 1770 g/mol. The zero-order chi connectivity index (χ0) is 86.1. The number of unbranched alkanes of at least 4 members (excludes halogenated alkanes) is 34. The minimum Gasteiger partial charge on any atom is -0.756 e. The number of nitrogen functional groups attached to an aromatic ring is 2. The van der Waals surface area contributed by atoms with Crippen molar-refractivity contribution in [2.45, 2.75) is 322 Å². The van der Waals surface area contributed by atoms with Gasteiger partial charge in [0.2, 0.25) is 0 Å². The summed E-state index contributed by atoms with van der Waals surface area (Å²) < 4.78 is 132. The van der Waals surface area contributed by atoms with Crippen LogP contribution in [0, 0.1) is 10.8 Å². The SMILES string of the molecule is CCCCCCCCCCCC(=O)OCC(COP(=O)([O-])OCC(O)COP(=O)([O-])OCC(COC(=O)CCCCCCCCCCC)OC(=O)CCCCCCCCCCC)OC(=O)CCCCCCCCCCC.N=C(N)c1ccc(OCCCCCOc2ccc(C(=N)N)cc2)cc1.O=S(=O)(O)CCO.O=S(=O)(O)CCO.[Na+].[Na+]. The van der Waals surface area contributed by atoms with Crippen molar-refractivity contribution < 1.29 is 185 Å². The van der Waals surface area contributed by atoms with E-state index in [1.165, 1.54) is 103 Å². The molecule has 0 aliphatic carbocycles. The molecule has 0 fully saturated rings. The Kier molecular flexibility index (Phi) is 82.0. The molecule has 4 unspecified atom stereocenters. The summed E-state index contributed by atoms with van der Waals surface area (Å²) in [6.45, 7) is 4.60. The Morgan fingerprint density at radius 3 is 0.846 bits per heavy atom. The van der Waals surface area contributed by atoms with E-state index >= 15 is 0 Å². The third-order valence-corrected chi connectivity index (χ3v) is 20.7. The molecule has 0 aliphatic rings. The maximum Gasteiger partial charge on any atom is 1.00 e. The number of benzene rings is 2. The summed E-state index contributed by atoms with van der Waals surface area (Å²) in [6.07, 6.45) is 37.1. The minimum atomic E-state index is -5.20. The van der Waals surface area contributed by atoms with E-state index in [1.807, 2.05) is 24.3 Å². The van der Waals surface area contributed by atoms with Gasteiger partial charge < -0.3 is 83.1 Å². The van der Waals surface area contributed by atoms with Gasteiger partial charge in [0, 0.05) is 36.8 Å².